The second kappa shape index (κ2) is 7.62. The van der Waals surface area contributed by atoms with Gasteiger partial charge in [-0.05, 0) is 37.2 Å². The molecule has 1 atom stereocenters. The number of benzene rings is 1. The molecule has 0 spiro atoms. The fourth-order valence-electron chi connectivity index (χ4n) is 1.56. The van der Waals surface area contributed by atoms with Gasteiger partial charge in [0.2, 0.25) is 0 Å². The number of nitrogens with one attached hydrogen (secondary N) is 2. The largest absolute Gasteiger partial charge is 0.471 e. The predicted molar refractivity (Wildman–Crippen MR) is 64.4 cm³/mol. The molecule has 0 unspecified atom stereocenters. The van der Waals surface area contributed by atoms with Crippen LogP contribution in [0.25, 0.3) is 0 Å². The van der Waals surface area contributed by atoms with Crippen LogP contribution in [0.1, 0.15) is 6.42 Å². The molecule has 0 amide bonds. The lowest BCUT2D eigenvalue weighted by Crippen LogP contribution is -2.21. The third kappa shape index (κ3) is 5.31. The van der Waals surface area contributed by atoms with Gasteiger partial charge in [0.1, 0.15) is 5.82 Å². The summed E-state index contributed by atoms with van der Waals surface area (Å²) in [5, 5.41) is 6.61. The summed E-state index contributed by atoms with van der Waals surface area (Å²) in [4.78, 5) is 8.95. The molecule has 1 heterocycles. The zero-order chi connectivity index (χ0) is 12.5. The van der Waals surface area contributed by atoms with Crippen LogP contribution in [0.15, 0.2) is 24.3 Å². The van der Waals surface area contributed by atoms with Crippen molar-refractivity contribution in [1.82, 2.24) is 5.32 Å². The SMILES string of the molecule is COC=O.Fc1ccc(N[C@@H]2CCNC2)cc1. The van der Waals surface area contributed by atoms with Gasteiger partial charge >= 0.3 is 0 Å². The number of anilines is 1. The predicted octanol–water partition coefficient (Wildman–Crippen LogP) is 1.39. The maximum atomic E-state index is 12.6. The average Bonchev–Trinajstić information content (AvgIpc) is 2.85. The van der Waals surface area contributed by atoms with Crippen molar-refractivity contribution in [3.05, 3.63) is 30.1 Å². The monoisotopic (exact) mass is 240 g/mol. The van der Waals surface area contributed by atoms with E-state index in [9.17, 15) is 4.39 Å². The zero-order valence-corrected chi connectivity index (χ0v) is 9.78. The summed E-state index contributed by atoms with van der Waals surface area (Å²) in [6.45, 7) is 2.44. The fourth-order valence-corrected chi connectivity index (χ4v) is 1.56. The van der Waals surface area contributed by atoms with Crippen LogP contribution >= 0.6 is 0 Å². The molecule has 0 aliphatic carbocycles. The molecule has 94 valence electrons. The highest BCUT2D eigenvalue weighted by molar-refractivity contribution is 5.44. The number of hydrogen-bond donors (Lipinski definition) is 2. The van der Waals surface area contributed by atoms with Crippen molar-refractivity contribution >= 4 is 12.2 Å². The summed E-state index contributed by atoms with van der Waals surface area (Å²) in [6, 6.07) is 6.99. The molecule has 1 aromatic carbocycles. The molecule has 4 nitrogen and oxygen atoms in total. The van der Waals surface area contributed by atoms with Crippen LogP contribution in [0.4, 0.5) is 10.1 Å². The number of carbonyl (C=O) groups is 1. The van der Waals surface area contributed by atoms with Gasteiger partial charge in [-0.25, -0.2) is 4.39 Å². The molecule has 1 aliphatic rings. The smallest absolute Gasteiger partial charge is 0.292 e. The Balaban J connectivity index is 0.000000317. The van der Waals surface area contributed by atoms with Crippen molar-refractivity contribution in [2.45, 2.75) is 12.5 Å². The number of rotatable bonds is 3. The first-order valence-electron chi connectivity index (χ1n) is 5.45. The van der Waals surface area contributed by atoms with Crippen molar-refractivity contribution < 1.29 is 13.9 Å². The molecule has 2 N–H and O–H groups in total. The van der Waals surface area contributed by atoms with Gasteiger partial charge in [0, 0.05) is 18.3 Å². The van der Waals surface area contributed by atoms with Gasteiger partial charge in [-0.2, -0.15) is 0 Å². The van der Waals surface area contributed by atoms with Crippen LogP contribution in [0.2, 0.25) is 0 Å². The second-order valence-corrected chi connectivity index (χ2v) is 3.67. The highest BCUT2D eigenvalue weighted by atomic mass is 19.1. The molecule has 0 bridgehead atoms. The van der Waals surface area contributed by atoms with E-state index in [0.717, 1.165) is 25.2 Å². The van der Waals surface area contributed by atoms with E-state index in [4.69, 9.17) is 4.79 Å². The zero-order valence-electron chi connectivity index (χ0n) is 9.78. The molecular formula is C12H17FN2O2. The number of halogens is 1. The van der Waals surface area contributed by atoms with E-state index in [1.54, 1.807) is 12.1 Å². The Morgan fingerprint density at radius 1 is 1.47 bits per heavy atom. The van der Waals surface area contributed by atoms with Gasteiger partial charge in [-0.15, -0.1) is 0 Å². The maximum Gasteiger partial charge on any atom is 0.292 e. The Morgan fingerprint density at radius 3 is 2.59 bits per heavy atom. The third-order valence-corrected chi connectivity index (χ3v) is 2.37. The average molecular weight is 240 g/mol. The van der Waals surface area contributed by atoms with Crippen molar-refractivity contribution in [3.63, 3.8) is 0 Å². The minimum absolute atomic E-state index is 0.185. The standard InChI is InChI=1S/C10H13FN2.C2H4O2/c11-8-1-3-9(4-2-8)13-10-5-6-12-7-10;1-4-2-3/h1-4,10,12-13H,5-7H2;2H,1H3/t10-;/m1./s1. The Hall–Kier alpha value is -1.62. The van der Waals surface area contributed by atoms with Gasteiger partial charge in [0.05, 0.1) is 7.11 Å². The van der Waals surface area contributed by atoms with Gasteiger partial charge < -0.3 is 15.4 Å². The van der Waals surface area contributed by atoms with E-state index in [1.807, 2.05) is 0 Å². The van der Waals surface area contributed by atoms with E-state index in [2.05, 4.69) is 15.4 Å². The van der Waals surface area contributed by atoms with E-state index < -0.39 is 0 Å². The Kier molecular flexibility index (Phi) is 6.03. The van der Waals surface area contributed by atoms with Crippen molar-refractivity contribution in [3.8, 4) is 0 Å². The Morgan fingerprint density at radius 2 is 2.12 bits per heavy atom. The molecule has 2 rings (SSSR count). The second-order valence-electron chi connectivity index (χ2n) is 3.67. The summed E-state index contributed by atoms with van der Waals surface area (Å²) in [6.07, 6.45) is 1.14. The molecule has 17 heavy (non-hydrogen) atoms. The normalized spacial score (nSPS) is 17.9. The van der Waals surface area contributed by atoms with Crippen LogP contribution in [0.5, 0.6) is 0 Å². The fraction of sp³-hybridized carbons (Fsp3) is 0.417. The van der Waals surface area contributed by atoms with E-state index >= 15 is 0 Å². The lowest BCUT2D eigenvalue weighted by molar-refractivity contribution is -0.126. The molecule has 0 aromatic heterocycles. The maximum absolute atomic E-state index is 12.6. The molecule has 5 heteroatoms. The van der Waals surface area contributed by atoms with Gasteiger partial charge in [0.25, 0.3) is 6.47 Å². The lowest BCUT2D eigenvalue weighted by Gasteiger charge is -2.12. The molecular weight excluding hydrogens is 223 g/mol. The van der Waals surface area contributed by atoms with E-state index in [-0.39, 0.29) is 5.82 Å². The molecule has 1 aromatic rings. The minimum Gasteiger partial charge on any atom is -0.471 e. The van der Waals surface area contributed by atoms with Crippen LogP contribution in [-0.2, 0) is 9.53 Å². The Bertz CT molecular complexity index is 324. The highest BCUT2D eigenvalue weighted by Crippen LogP contribution is 2.12. The minimum atomic E-state index is -0.185. The molecule has 1 saturated heterocycles. The summed E-state index contributed by atoms with van der Waals surface area (Å²) in [5.41, 5.74) is 0.995. The summed E-state index contributed by atoms with van der Waals surface area (Å²) < 4.78 is 16.4. The third-order valence-electron chi connectivity index (χ3n) is 2.37. The van der Waals surface area contributed by atoms with Crippen molar-refractivity contribution in [2.24, 2.45) is 0 Å². The van der Waals surface area contributed by atoms with Gasteiger partial charge in [-0.3, -0.25) is 4.79 Å². The van der Waals surface area contributed by atoms with E-state index in [1.165, 1.54) is 19.2 Å². The van der Waals surface area contributed by atoms with Crippen LogP contribution in [0.3, 0.4) is 0 Å². The lowest BCUT2D eigenvalue weighted by atomic mass is 10.2. The molecule has 1 aliphatic heterocycles. The van der Waals surface area contributed by atoms with Crippen molar-refractivity contribution in [1.29, 1.82) is 0 Å². The van der Waals surface area contributed by atoms with Crippen molar-refractivity contribution in [2.75, 3.05) is 25.5 Å². The van der Waals surface area contributed by atoms with E-state index in [0.29, 0.717) is 12.5 Å². The first-order chi connectivity index (χ1) is 8.26. The van der Waals surface area contributed by atoms with Crippen LogP contribution < -0.4 is 10.6 Å². The summed E-state index contributed by atoms with van der Waals surface area (Å²) in [7, 11) is 1.31. The van der Waals surface area contributed by atoms with Crippen LogP contribution in [-0.4, -0.2) is 32.7 Å². The Labute approximate surface area is 100 Å². The number of carbonyl (C=O) groups excluding carboxylic acids is 1. The first-order valence-corrected chi connectivity index (χ1v) is 5.45. The van der Waals surface area contributed by atoms with Gasteiger partial charge in [0.15, 0.2) is 0 Å². The quantitative estimate of drug-likeness (QED) is 0.784. The van der Waals surface area contributed by atoms with Gasteiger partial charge in [-0.1, -0.05) is 0 Å². The van der Waals surface area contributed by atoms with Crippen LogP contribution in [0, 0.1) is 5.82 Å². The summed E-state index contributed by atoms with van der Waals surface area (Å²) >= 11 is 0. The molecule has 0 radical (unpaired) electrons. The summed E-state index contributed by atoms with van der Waals surface area (Å²) in [5.74, 6) is -0.185. The number of ether oxygens (including phenoxy) is 1. The topological polar surface area (TPSA) is 50.4 Å². The number of methoxy groups -OCH3 is 1. The highest BCUT2D eigenvalue weighted by Gasteiger charge is 2.13. The molecule has 1 fully saturated rings. The first kappa shape index (κ1) is 13.4. The molecule has 0 saturated carbocycles. The number of hydrogen-bond acceptors (Lipinski definition) is 4.